The highest BCUT2D eigenvalue weighted by Crippen LogP contribution is 2.24. The Balaban J connectivity index is 2.12. The first-order chi connectivity index (χ1) is 8.97. The molecule has 100 valence electrons. The molecule has 1 heterocycles. The van der Waals surface area contributed by atoms with E-state index in [1.165, 1.54) is 11.4 Å². The maximum Gasteiger partial charge on any atom is 0.324 e. The molecule has 8 heteroatoms. The van der Waals surface area contributed by atoms with Crippen molar-refractivity contribution in [1.82, 2.24) is 0 Å². The third-order valence-electron chi connectivity index (χ3n) is 2.30. The van der Waals surface area contributed by atoms with Gasteiger partial charge in [0, 0.05) is 30.1 Å². The molecule has 0 saturated carbocycles. The number of benzene rings is 1. The molecule has 0 radical (unpaired) electrons. The van der Waals surface area contributed by atoms with Gasteiger partial charge in [-0.3, -0.25) is 10.1 Å². The molecule has 0 fully saturated rings. The molecular formula is C11H7F3N2O2S. The third kappa shape index (κ3) is 3.02. The van der Waals surface area contributed by atoms with Gasteiger partial charge in [-0.2, -0.15) is 0 Å². The summed E-state index contributed by atoms with van der Waals surface area (Å²) in [5.41, 5.74) is 0.201. The van der Waals surface area contributed by atoms with E-state index in [1.54, 1.807) is 0 Å². The average molecular weight is 288 g/mol. The number of rotatable bonds is 4. The average Bonchev–Trinajstić information content (AvgIpc) is 2.81. The van der Waals surface area contributed by atoms with Crippen molar-refractivity contribution in [3.8, 4) is 0 Å². The minimum Gasteiger partial charge on any atom is -0.378 e. The van der Waals surface area contributed by atoms with Gasteiger partial charge in [0.15, 0.2) is 11.6 Å². The molecule has 0 bridgehead atoms. The largest absolute Gasteiger partial charge is 0.378 e. The number of anilines is 1. The van der Waals surface area contributed by atoms with Crippen LogP contribution in [0.2, 0.25) is 0 Å². The fraction of sp³-hybridized carbons (Fsp3) is 0.0909. The summed E-state index contributed by atoms with van der Waals surface area (Å²) in [4.78, 5) is 9.92. The lowest BCUT2D eigenvalue weighted by Crippen LogP contribution is -2.03. The monoisotopic (exact) mass is 288 g/mol. The van der Waals surface area contributed by atoms with Crippen LogP contribution in [0.4, 0.5) is 23.9 Å². The van der Waals surface area contributed by atoms with Crippen molar-refractivity contribution in [2.24, 2.45) is 0 Å². The smallest absolute Gasteiger partial charge is 0.324 e. The van der Waals surface area contributed by atoms with E-state index >= 15 is 0 Å². The van der Waals surface area contributed by atoms with Crippen LogP contribution in [-0.2, 0) is 6.54 Å². The molecule has 1 aromatic heterocycles. The molecule has 2 rings (SSSR count). The topological polar surface area (TPSA) is 55.2 Å². The van der Waals surface area contributed by atoms with Gasteiger partial charge in [-0.15, -0.1) is 0 Å². The molecule has 0 aliphatic heterocycles. The summed E-state index contributed by atoms with van der Waals surface area (Å²) < 4.78 is 39.2. The third-order valence-corrected chi connectivity index (χ3v) is 3.22. The molecule has 0 unspecified atom stereocenters. The Morgan fingerprint density at radius 2 is 2.00 bits per heavy atom. The SMILES string of the molecule is O=[N+]([O-])c1cc(CNc2cc(F)cc(F)c2F)cs1. The van der Waals surface area contributed by atoms with Crippen molar-refractivity contribution in [1.29, 1.82) is 0 Å². The zero-order valence-corrected chi connectivity index (χ0v) is 10.1. The summed E-state index contributed by atoms with van der Waals surface area (Å²) in [6.07, 6.45) is 0. The number of thiophene rings is 1. The normalized spacial score (nSPS) is 10.5. The maximum atomic E-state index is 13.3. The van der Waals surface area contributed by atoms with Gasteiger partial charge in [0.25, 0.3) is 0 Å². The van der Waals surface area contributed by atoms with Crippen molar-refractivity contribution in [3.63, 3.8) is 0 Å². The van der Waals surface area contributed by atoms with Crippen molar-refractivity contribution in [2.45, 2.75) is 6.54 Å². The van der Waals surface area contributed by atoms with E-state index in [0.29, 0.717) is 11.6 Å². The van der Waals surface area contributed by atoms with E-state index < -0.39 is 22.4 Å². The Hall–Kier alpha value is -2.09. The Morgan fingerprint density at radius 3 is 2.63 bits per heavy atom. The van der Waals surface area contributed by atoms with Gasteiger partial charge in [0.2, 0.25) is 0 Å². The highest BCUT2D eigenvalue weighted by atomic mass is 32.1. The first-order valence-electron chi connectivity index (χ1n) is 5.07. The van der Waals surface area contributed by atoms with E-state index in [2.05, 4.69) is 5.32 Å². The summed E-state index contributed by atoms with van der Waals surface area (Å²) in [7, 11) is 0. The first kappa shape index (κ1) is 13.3. The standard InChI is InChI=1S/C11H7F3N2O2S/c12-7-2-8(13)11(14)9(3-7)15-4-6-1-10(16(17)18)19-5-6/h1-3,5,15H,4H2. The molecule has 1 N–H and O–H groups in total. The summed E-state index contributed by atoms with van der Waals surface area (Å²) >= 11 is 0.922. The highest BCUT2D eigenvalue weighted by molar-refractivity contribution is 7.13. The van der Waals surface area contributed by atoms with Gasteiger partial charge in [0.1, 0.15) is 5.82 Å². The molecule has 1 aromatic carbocycles. The van der Waals surface area contributed by atoms with Crippen LogP contribution < -0.4 is 5.32 Å². The predicted octanol–water partition coefficient (Wildman–Crippen LogP) is 3.69. The molecular weight excluding hydrogens is 281 g/mol. The van der Waals surface area contributed by atoms with Crippen LogP contribution in [0.25, 0.3) is 0 Å². The molecule has 4 nitrogen and oxygen atoms in total. The van der Waals surface area contributed by atoms with E-state index in [0.717, 1.165) is 17.4 Å². The zero-order valence-electron chi connectivity index (χ0n) is 9.32. The van der Waals surface area contributed by atoms with Crippen LogP contribution in [0.3, 0.4) is 0 Å². The van der Waals surface area contributed by atoms with E-state index in [-0.39, 0.29) is 17.2 Å². The second kappa shape index (κ2) is 5.27. The molecule has 2 aromatic rings. The molecule has 0 aliphatic rings. The van der Waals surface area contributed by atoms with Crippen LogP contribution >= 0.6 is 11.3 Å². The first-order valence-corrected chi connectivity index (χ1v) is 5.95. The zero-order chi connectivity index (χ0) is 14.0. The minimum absolute atomic E-state index is 0.0319. The number of hydrogen-bond acceptors (Lipinski definition) is 4. The van der Waals surface area contributed by atoms with Crippen LogP contribution in [0.5, 0.6) is 0 Å². The number of nitrogens with one attached hydrogen (secondary N) is 1. The van der Waals surface area contributed by atoms with Crippen molar-refractivity contribution in [2.75, 3.05) is 5.32 Å². The highest BCUT2D eigenvalue weighted by Gasteiger charge is 2.13. The molecule has 0 saturated heterocycles. The van der Waals surface area contributed by atoms with Crippen molar-refractivity contribution in [3.05, 3.63) is 56.7 Å². The van der Waals surface area contributed by atoms with Gasteiger partial charge in [-0.1, -0.05) is 11.3 Å². The molecule has 0 amide bonds. The summed E-state index contributed by atoms with van der Waals surface area (Å²) in [5.74, 6) is -3.39. The summed E-state index contributed by atoms with van der Waals surface area (Å²) in [6.45, 7) is 0.0319. The maximum absolute atomic E-state index is 13.3. The Bertz CT molecular complexity index is 630. The number of nitro groups is 1. The van der Waals surface area contributed by atoms with Gasteiger partial charge in [-0.05, 0) is 5.56 Å². The Morgan fingerprint density at radius 1 is 1.26 bits per heavy atom. The van der Waals surface area contributed by atoms with Crippen molar-refractivity contribution >= 4 is 22.0 Å². The van der Waals surface area contributed by atoms with Gasteiger partial charge in [-0.25, -0.2) is 13.2 Å². The van der Waals surface area contributed by atoms with Gasteiger partial charge >= 0.3 is 5.00 Å². The molecule has 19 heavy (non-hydrogen) atoms. The lowest BCUT2D eigenvalue weighted by molar-refractivity contribution is -0.380. The van der Waals surface area contributed by atoms with Gasteiger partial charge < -0.3 is 5.32 Å². The van der Waals surface area contributed by atoms with E-state index in [1.807, 2.05) is 0 Å². The lowest BCUT2D eigenvalue weighted by atomic mass is 10.2. The number of hydrogen-bond donors (Lipinski definition) is 1. The second-order valence-electron chi connectivity index (χ2n) is 3.65. The molecule has 0 aliphatic carbocycles. The Kier molecular flexibility index (Phi) is 3.70. The van der Waals surface area contributed by atoms with E-state index in [9.17, 15) is 23.3 Å². The number of halogens is 3. The Labute approximate surface area is 109 Å². The van der Waals surface area contributed by atoms with Crippen molar-refractivity contribution < 1.29 is 18.1 Å². The molecule has 0 spiro atoms. The van der Waals surface area contributed by atoms with Gasteiger partial charge in [0.05, 0.1) is 10.6 Å². The summed E-state index contributed by atoms with van der Waals surface area (Å²) in [6, 6.07) is 2.57. The second-order valence-corrected chi connectivity index (χ2v) is 4.54. The lowest BCUT2D eigenvalue weighted by Gasteiger charge is -2.07. The van der Waals surface area contributed by atoms with Crippen LogP contribution in [-0.4, -0.2) is 4.92 Å². The van der Waals surface area contributed by atoms with Crippen LogP contribution in [0.15, 0.2) is 23.6 Å². The minimum atomic E-state index is -1.29. The predicted molar refractivity (Wildman–Crippen MR) is 64.6 cm³/mol. The van der Waals surface area contributed by atoms with Crippen LogP contribution in [0.1, 0.15) is 5.56 Å². The quantitative estimate of drug-likeness (QED) is 0.530. The number of nitrogens with zero attached hydrogens (tertiary/aromatic N) is 1. The summed E-state index contributed by atoms with van der Waals surface area (Å²) in [5, 5.41) is 14.4. The fourth-order valence-electron chi connectivity index (χ4n) is 1.43. The van der Waals surface area contributed by atoms with E-state index in [4.69, 9.17) is 0 Å². The molecule has 0 atom stereocenters. The van der Waals surface area contributed by atoms with Crippen LogP contribution in [0, 0.1) is 27.6 Å². The fourth-order valence-corrected chi connectivity index (χ4v) is 2.16.